The van der Waals surface area contributed by atoms with Crippen LogP contribution in [0.1, 0.15) is 79.2 Å². The number of anilines is 1. The number of likely N-dealkylation sites (N-methyl/N-ethyl adjacent to an activating group) is 1. The minimum Gasteiger partial charge on any atom is -0.496 e. The van der Waals surface area contributed by atoms with E-state index in [0.717, 1.165) is 65.9 Å². The molecule has 1 unspecified atom stereocenters. The quantitative estimate of drug-likeness (QED) is 0.132. The lowest BCUT2D eigenvalue weighted by atomic mass is 9.47. The summed E-state index contributed by atoms with van der Waals surface area (Å²) in [7, 11) is 5.06. The summed E-state index contributed by atoms with van der Waals surface area (Å²) in [4.78, 5) is 53.5. The molecule has 1 amide bonds. The van der Waals surface area contributed by atoms with Crippen LogP contribution in [0.4, 0.5) is 10.1 Å². The monoisotopic (exact) mass is 885 g/mol. The van der Waals surface area contributed by atoms with Gasteiger partial charge in [0.25, 0.3) is 5.91 Å². The number of hydrogen-bond acceptors (Lipinski definition) is 10. The Morgan fingerprint density at radius 3 is 2.52 bits per heavy atom. The number of carbonyl (C=O) groups excluding carboxylic acids is 3. The topological polar surface area (TPSA) is 137 Å². The van der Waals surface area contributed by atoms with Gasteiger partial charge in [0.1, 0.15) is 28.7 Å². The predicted molar refractivity (Wildman–Crippen MR) is 246 cm³/mol. The number of halogens is 1. The van der Waals surface area contributed by atoms with Crippen LogP contribution in [0.2, 0.25) is 0 Å². The molecule has 6 heterocycles. The van der Waals surface area contributed by atoms with E-state index < -0.39 is 51.7 Å². The molecule has 1 saturated carbocycles. The average Bonchev–Trinajstić information content (AvgIpc) is 3.97. The number of rotatable bonds is 9. The van der Waals surface area contributed by atoms with Gasteiger partial charge in [-0.1, -0.05) is 55.8 Å². The second-order valence-electron chi connectivity index (χ2n) is 19.4. The number of aliphatic hydroxyl groups is 1. The van der Waals surface area contributed by atoms with Crippen molar-refractivity contribution in [1.82, 2.24) is 20.1 Å². The van der Waals surface area contributed by atoms with Gasteiger partial charge in [-0.15, -0.1) is 0 Å². The van der Waals surface area contributed by atoms with Crippen LogP contribution < -0.4 is 15.0 Å². The van der Waals surface area contributed by atoms with E-state index in [1.54, 1.807) is 7.11 Å². The highest BCUT2D eigenvalue weighted by atomic mass is 19.1. The molecule has 2 bridgehead atoms. The van der Waals surface area contributed by atoms with Crippen molar-refractivity contribution in [2.24, 2.45) is 11.3 Å². The summed E-state index contributed by atoms with van der Waals surface area (Å²) in [6.07, 6.45) is 8.75. The number of nitrogens with zero attached hydrogens (tertiary/aromatic N) is 3. The molecule has 65 heavy (non-hydrogen) atoms. The van der Waals surface area contributed by atoms with E-state index in [1.807, 2.05) is 25.2 Å². The van der Waals surface area contributed by atoms with Crippen LogP contribution in [-0.2, 0) is 36.3 Å². The lowest BCUT2D eigenvalue weighted by Crippen LogP contribution is -2.81. The lowest BCUT2D eigenvalue weighted by Gasteiger charge is -2.64. The maximum absolute atomic E-state index is 15.4. The molecule has 0 radical (unpaired) electrons. The minimum atomic E-state index is -1.87. The Morgan fingerprint density at radius 2 is 1.80 bits per heavy atom. The molecule has 1 spiro atoms. The zero-order valence-electron chi connectivity index (χ0n) is 38.2. The van der Waals surface area contributed by atoms with Crippen molar-refractivity contribution in [3.05, 3.63) is 118 Å². The summed E-state index contributed by atoms with van der Waals surface area (Å²) in [5.74, 6) is -1.37. The highest BCUT2D eigenvalue weighted by Crippen LogP contribution is 2.68. The Kier molecular flexibility index (Phi) is 10.6. The van der Waals surface area contributed by atoms with E-state index in [4.69, 9.17) is 14.2 Å². The van der Waals surface area contributed by atoms with Crippen molar-refractivity contribution in [2.75, 3.05) is 65.4 Å². The average molecular weight is 886 g/mol. The number of methoxy groups -OCH3 is 2. The van der Waals surface area contributed by atoms with E-state index >= 15 is 4.79 Å². The molecule has 1 saturated heterocycles. The first-order valence-electron chi connectivity index (χ1n) is 23.2. The van der Waals surface area contributed by atoms with Crippen molar-refractivity contribution in [3.8, 4) is 5.75 Å². The second-order valence-corrected chi connectivity index (χ2v) is 19.4. The highest BCUT2D eigenvalue weighted by Gasteiger charge is 2.78. The van der Waals surface area contributed by atoms with Gasteiger partial charge in [-0.2, -0.15) is 0 Å². The number of carbonyl (C=O) groups is 3. The molecule has 4 aromatic rings. The first-order valence-corrected chi connectivity index (χ1v) is 23.2. The molecule has 12 nitrogen and oxygen atoms in total. The number of hydrogen-bond donors (Lipinski definition) is 3. The molecular formula is C52H60FN5O7. The Balaban J connectivity index is 1.23. The van der Waals surface area contributed by atoms with Crippen LogP contribution >= 0.6 is 0 Å². The SMILES string of the molecule is CCC1=C[C@H]2CN(CCc3c([nH]c4ccccc34)[C@@](C(=O)OC)(c3cc4c(cc3OC)N(C)[C@H]3[C@@](O)(CNC(=O)c5ccc(F)cc5)[C@H](OC(C)=O)[C@]5(CC)C=CCN6CC[C@]43[C@@H]65)C2)C1. The molecule has 10 rings (SSSR count). The summed E-state index contributed by atoms with van der Waals surface area (Å²) in [6.45, 7) is 9.24. The third kappa shape index (κ3) is 6.20. The van der Waals surface area contributed by atoms with E-state index in [1.165, 1.54) is 43.9 Å². The third-order valence-electron chi connectivity index (χ3n) is 16.3. The highest BCUT2D eigenvalue weighted by molar-refractivity contribution is 5.95. The van der Waals surface area contributed by atoms with E-state index in [9.17, 15) is 19.1 Å². The maximum atomic E-state index is 15.4. The summed E-state index contributed by atoms with van der Waals surface area (Å²) in [5, 5.41) is 18.0. The van der Waals surface area contributed by atoms with Crippen LogP contribution in [0.5, 0.6) is 5.75 Å². The Hall–Kier alpha value is -5.50. The number of benzene rings is 3. The number of esters is 2. The molecule has 9 atom stereocenters. The van der Waals surface area contributed by atoms with Gasteiger partial charge in [-0.3, -0.25) is 24.2 Å². The van der Waals surface area contributed by atoms with Crippen LogP contribution in [0.15, 0.2) is 84.5 Å². The van der Waals surface area contributed by atoms with Gasteiger partial charge in [-0.25, -0.2) is 4.39 Å². The van der Waals surface area contributed by atoms with Crippen molar-refractivity contribution in [1.29, 1.82) is 0 Å². The first kappa shape index (κ1) is 43.4. The van der Waals surface area contributed by atoms with Gasteiger partial charge in [0.2, 0.25) is 0 Å². The number of H-pyrrole nitrogens is 1. The second kappa shape index (κ2) is 15.8. The summed E-state index contributed by atoms with van der Waals surface area (Å²) in [5.41, 5.74) is 1.94. The van der Waals surface area contributed by atoms with Gasteiger partial charge < -0.3 is 34.5 Å². The Morgan fingerprint density at radius 1 is 1.02 bits per heavy atom. The van der Waals surface area contributed by atoms with Gasteiger partial charge in [0, 0.05) is 96.5 Å². The number of amides is 1. The van der Waals surface area contributed by atoms with Crippen molar-refractivity contribution in [3.63, 3.8) is 0 Å². The van der Waals surface area contributed by atoms with Crippen LogP contribution in [0, 0.1) is 17.2 Å². The fourth-order valence-corrected chi connectivity index (χ4v) is 13.9. The summed E-state index contributed by atoms with van der Waals surface area (Å²) in [6, 6.07) is 16.7. The van der Waals surface area contributed by atoms with Crippen molar-refractivity contribution < 1.29 is 38.1 Å². The van der Waals surface area contributed by atoms with Crippen LogP contribution in [0.25, 0.3) is 10.9 Å². The number of aromatic nitrogens is 1. The first-order chi connectivity index (χ1) is 31.3. The molecular weight excluding hydrogens is 826 g/mol. The minimum absolute atomic E-state index is 0.00822. The van der Waals surface area contributed by atoms with Gasteiger partial charge in [0.05, 0.1) is 26.8 Å². The zero-order valence-corrected chi connectivity index (χ0v) is 38.2. The molecule has 3 N–H and O–H groups in total. The third-order valence-corrected chi connectivity index (χ3v) is 16.3. The fraction of sp³-hybridized carbons (Fsp3) is 0.481. The largest absolute Gasteiger partial charge is 0.496 e. The molecule has 342 valence electrons. The van der Waals surface area contributed by atoms with Crippen LogP contribution in [-0.4, -0.2) is 122 Å². The normalized spacial score (nSPS) is 32.2. The summed E-state index contributed by atoms with van der Waals surface area (Å²) < 4.78 is 32.8. The zero-order chi connectivity index (χ0) is 45.6. The smallest absolute Gasteiger partial charge is 0.322 e. The maximum Gasteiger partial charge on any atom is 0.322 e. The Bertz CT molecular complexity index is 2640. The van der Waals surface area contributed by atoms with Crippen molar-refractivity contribution >= 4 is 34.4 Å². The van der Waals surface area contributed by atoms with Crippen LogP contribution in [0.3, 0.4) is 0 Å². The lowest BCUT2D eigenvalue weighted by molar-refractivity contribution is -0.216. The van der Waals surface area contributed by atoms with Crippen molar-refractivity contribution in [2.45, 2.75) is 87.5 Å². The molecule has 1 aromatic heterocycles. The number of nitrogens with one attached hydrogen (secondary N) is 2. The predicted octanol–water partition coefficient (Wildman–Crippen LogP) is 6.19. The van der Waals surface area contributed by atoms with E-state index in [-0.39, 0.29) is 30.0 Å². The van der Waals surface area contributed by atoms with Gasteiger partial charge >= 0.3 is 11.9 Å². The Labute approximate surface area is 379 Å². The number of fused-ring (bicyclic) bond motifs is 6. The summed E-state index contributed by atoms with van der Waals surface area (Å²) >= 11 is 0. The number of aromatic amines is 1. The molecule has 3 aromatic carbocycles. The molecule has 1 aliphatic carbocycles. The van der Waals surface area contributed by atoms with Gasteiger partial charge in [0.15, 0.2) is 0 Å². The molecule has 13 heteroatoms. The number of ether oxygens (including phenoxy) is 3. The van der Waals surface area contributed by atoms with E-state index in [0.29, 0.717) is 43.7 Å². The molecule has 2 fully saturated rings. The molecule has 5 aliphatic heterocycles. The molecule has 6 aliphatic rings. The fourth-order valence-electron chi connectivity index (χ4n) is 13.9. The number of para-hydroxylation sites is 1. The standard InChI is InChI=1S/C52H60FN5O7/c1-7-32-24-33-27-51(48(61)64-6,43-37(18-22-57(28-32)29-33)36-12-9-10-13-40(36)55-43)39-25-38-41(26-42(39)63-5)56(4)46-50(38)20-23-58-21-11-19-49(8-2,45(50)58)47(65-31(3)59)52(46,62)30-54-44(60)34-14-16-35(53)17-15-34/h9-17,19,24-26,33,45-47,55,62H,7-8,18,20-23,27-30H2,1-6H3,(H,54,60)/t33-,45+,46-,47-,49-,50-,51+,52+/m1/s1. The van der Waals surface area contributed by atoms with Gasteiger partial charge in [-0.05, 0) is 92.1 Å². The van der Waals surface area contributed by atoms with E-state index in [2.05, 4.69) is 75.3 Å².